The zero-order valence-electron chi connectivity index (χ0n) is 18.4. The first-order valence-corrected chi connectivity index (χ1v) is 11.3. The number of nitrogens with one attached hydrogen (secondary N) is 1. The molecule has 1 saturated heterocycles. The van der Waals surface area contributed by atoms with E-state index in [0.717, 1.165) is 71.7 Å². The SMILES string of the molecule is COc1ccc2nc3cc(Cl)ccc3c(Nc3ccc(CN4CCN(C)CC4)cc3)c2c1. The summed E-state index contributed by atoms with van der Waals surface area (Å²) in [6, 6.07) is 20.5. The van der Waals surface area contributed by atoms with Crippen molar-refractivity contribution in [3.63, 3.8) is 0 Å². The van der Waals surface area contributed by atoms with Gasteiger partial charge in [0.1, 0.15) is 5.75 Å². The Hall–Kier alpha value is -2.86. The van der Waals surface area contributed by atoms with Crippen LogP contribution in [0.3, 0.4) is 0 Å². The fraction of sp³-hybridized carbons (Fsp3) is 0.269. The Bertz CT molecular complexity index is 1250. The van der Waals surface area contributed by atoms with Crippen LogP contribution in [-0.2, 0) is 6.54 Å². The van der Waals surface area contributed by atoms with Gasteiger partial charge in [-0.2, -0.15) is 0 Å². The third kappa shape index (κ3) is 4.37. The predicted molar refractivity (Wildman–Crippen MR) is 133 cm³/mol. The smallest absolute Gasteiger partial charge is 0.119 e. The van der Waals surface area contributed by atoms with Gasteiger partial charge in [-0.1, -0.05) is 23.7 Å². The molecule has 4 aromatic rings. The summed E-state index contributed by atoms with van der Waals surface area (Å²) in [6.07, 6.45) is 0. The van der Waals surface area contributed by atoms with E-state index in [1.807, 2.05) is 36.4 Å². The van der Waals surface area contributed by atoms with Crippen molar-refractivity contribution >= 4 is 44.8 Å². The molecular weight excluding hydrogens is 420 g/mol. The molecule has 164 valence electrons. The van der Waals surface area contributed by atoms with Crippen molar-refractivity contribution in [1.82, 2.24) is 14.8 Å². The van der Waals surface area contributed by atoms with Gasteiger partial charge in [-0.3, -0.25) is 4.90 Å². The largest absolute Gasteiger partial charge is 0.497 e. The highest BCUT2D eigenvalue weighted by Crippen LogP contribution is 2.36. The Kier molecular flexibility index (Phi) is 5.87. The average Bonchev–Trinajstić information content (AvgIpc) is 2.81. The molecule has 0 radical (unpaired) electrons. The quantitative estimate of drug-likeness (QED) is 0.407. The summed E-state index contributed by atoms with van der Waals surface area (Å²) in [5.41, 5.74) is 5.14. The molecule has 5 nitrogen and oxygen atoms in total. The van der Waals surface area contributed by atoms with Crippen molar-refractivity contribution in [2.24, 2.45) is 0 Å². The van der Waals surface area contributed by atoms with Crippen LogP contribution in [0.2, 0.25) is 5.02 Å². The van der Waals surface area contributed by atoms with E-state index < -0.39 is 0 Å². The minimum absolute atomic E-state index is 0.678. The van der Waals surface area contributed by atoms with Crippen LogP contribution in [0.4, 0.5) is 11.4 Å². The highest BCUT2D eigenvalue weighted by atomic mass is 35.5. The van der Waals surface area contributed by atoms with E-state index in [1.165, 1.54) is 5.56 Å². The Morgan fingerprint density at radius 3 is 2.44 bits per heavy atom. The Balaban J connectivity index is 1.47. The van der Waals surface area contributed by atoms with Crippen molar-refractivity contribution in [2.45, 2.75) is 6.54 Å². The van der Waals surface area contributed by atoms with Gasteiger partial charge in [-0.25, -0.2) is 4.98 Å². The van der Waals surface area contributed by atoms with Crippen LogP contribution in [0.5, 0.6) is 5.75 Å². The minimum Gasteiger partial charge on any atom is -0.497 e. The molecule has 6 heteroatoms. The number of methoxy groups -OCH3 is 1. The number of rotatable bonds is 5. The molecule has 1 N–H and O–H groups in total. The van der Waals surface area contributed by atoms with E-state index >= 15 is 0 Å². The summed E-state index contributed by atoms with van der Waals surface area (Å²) in [4.78, 5) is 9.71. The van der Waals surface area contributed by atoms with E-state index in [1.54, 1.807) is 7.11 Å². The van der Waals surface area contributed by atoms with Crippen molar-refractivity contribution in [3.05, 3.63) is 71.2 Å². The molecule has 1 fully saturated rings. The Labute approximate surface area is 193 Å². The average molecular weight is 447 g/mol. The molecule has 5 rings (SSSR count). The maximum Gasteiger partial charge on any atom is 0.119 e. The molecule has 1 aliphatic heterocycles. The molecule has 0 spiro atoms. The summed E-state index contributed by atoms with van der Waals surface area (Å²) >= 11 is 6.25. The van der Waals surface area contributed by atoms with Gasteiger partial charge in [-0.05, 0) is 61.1 Å². The second-order valence-corrected chi connectivity index (χ2v) is 8.87. The highest BCUT2D eigenvalue weighted by Gasteiger charge is 2.14. The van der Waals surface area contributed by atoms with Gasteiger partial charge in [0.2, 0.25) is 0 Å². The summed E-state index contributed by atoms with van der Waals surface area (Å²) in [5, 5.41) is 6.36. The minimum atomic E-state index is 0.678. The molecule has 0 unspecified atom stereocenters. The van der Waals surface area contributed by atoms with E-state index in [0.29, 0.717) is 5.02 Å². The lowest BCUT2D eigenvalue weighted by Gasteiger charge is -2.32. The number of nitrogens with zero attached hydrogens (tertiary/aromatic N) is 3. The van der Waals surface area contributed by atoms with E-state index in [4.69, 9.17) is 21.3 Å². The molecule has 0 aliphatic carbocycles. The molecule has 1 aromatic heterocycles. The summed E-state index contributed by atoms with van der Waals surface area (Å²) in [5.74, 6) is 0.804. The number of piperazine rings is 1. The van der Waals surface area contributed by atoms with Gasteiger partial charge >= 0.3 is 0 Å². The topological polar surface area (TPSA) is 40.6 Å². The summed E-state index contributed by atoms with van der Waals surface area (Å²) in [7, 11) is 3.87. The van der Waals surface area contributed by atoms with E-state index in [9.17, 15) is 0 Å². The summed E-state index contributed by atoms with van der Waals surface area (Å²) < 4.78 is 5.47. The molecule has 0 amide bonds. The van der Waals surface area contributed by atoms with E-state index in [2.05, 4.69) is 46.4 Å². The first-order valence-electron chi connectivity index (χ1n) is 10.9. The number of ether oxygens (including phenoxy) is 1. The van der Waals surface area contributed by atoms with Crippen LogP contribution < -0.4 is 10.1 Å². The molecule has 0 saturated carbocycles. The van der Waals surface area contributed by atoms with Crippen LogP contribution >= 0.6 is 11.6 Å². The van der Waals surface area contributed by atoms with Crippen LogP contribution in [0, 0.1) is 0 Å². The number of anilines is 2. The third-order valence-electron chi connectivity index (χ3n) is 6.17. The Morgan fingerprint density at radius 1 is 0.906 bits per heavy atom. The molecule has 32 heavy (non-hydrogen) atoms. The number of likely N-dealkylation sites (N-methyl/N-ethyl adjacent to an activating group) is 1. The summed E-state index contributed by atoms with van der Waals surface area (Å²) in [6.45, 7) is 5.50. The molecule has 0 bridgehead atoms. The lowest BCUT2D eigenvalue weighted by molar-refractivity contribution is 0.148. The van der Waals surface area contributed by atoms with Crippen molar-refractivity contribution in [1.29, 1.82) is 0 Å². The monoisotopic (exact) mass is 446 g/mol. The van der Waals surface area contributed by atoms with Crippen LogP contribution in [0.15, 0.2) is 60.7 Å². The van der Waals surface area contributed by atoms with Crippen molar-refractivity contribution in [3.8, 4) is 5.75 Å². The fourth-order valence-corrected chi connectivity index (χ4v) is 4.43. The first kappa shape index (κ1) is 21.0. The number of hydrogen-bond acceptors (Lipinski definition) is 5. The number of pyridine rings is 1. The van der Waals surface area contributed by atoms with Gasteiger partial charge in [0.05, 0.1) is 23.8 Å². The zero-order chi connectivity index (χ0) is 22.1. The molecule has 0 atom stereocenters. The maximum absolute atomic E-state index is 6.25. The number of benzene rings is 3. The second kappa shape index (κ2) is 8.94. The maximum atomic E-state index is 6.25. The lowest BCUT2D eigenvalue weighted by Crippen LogP contribution is -2.43. The van der Waals surface area contributed by atoms with Crippen molar-refractivity contribution in [2.75, 3.05) is 45.7 Å². The molecule has 3 aromatic carbocycles. The van der Waals surface area contributed by atoms with Gasteiger partial charge in [0, 0.05) is 54.2 Å². The van der Waals surface area contributed by atoms with Crippen molar-refractivity contribution < 1.29 is 4.74 Å². The molecule has 1 aliphatic rings. The number of hydrogen-bond donors (Lipinski definition) is 1. The van der Waals surface area contributed by atoms with Gasteiger partial charge in [-0.15, -0.1) is 0 Å². The fourth-order valence-electron chi connectivity index (χ4n) is 4.26. The second-order valence-electron chi connectivity index (χ2n) is 8.43. The van der Waals surface area contributed by atoms with E-state index in [-0.39, 0.29) is 0 Å². The van der Waals surface area contributed by atoms with Gasteiger partial charge < -0.3 is 15.0 Å². The number of fused-ring (bicyclic) bond motifs is 2. The molecule has 2 heterocycles. The standard InChI is InChI=1S/C26H27ClN4O/c1-30-11-13-31(14-12-30)17-18-3-6-20(7-4-18)28-26-22-9-5-19(27)15-25(22)29-24-10-8-21(32-2)16-23(24)26/h3-10,15-16H,11-14,17H2,1-2H3,(H,28,29). The van der Waals surface area contributed by atoms with Gasteiger partial charge in [0.25, 0.3) is 0 Å². The Morgan fingerprint density at radius 2 is 1.69 bits per heavy atom. The van der Waals surface area contributed by atoms with Gasteiger partial charge in [0.15, 0.2) is 0 Å². The normalized spacial score (nSPS) is 15.3. The highest BCUT2D eigenvalue weighted by molar-refractivity contribution is 6.31. The third-order valence-corrected chi connectivity index (χ3v) is 6.40. The number of aromatic nitrogens is 1. The van der Waals surface area contributed by atoms with Crippen LogP contribution in [0.25, 0.3) is 21.8 Å². The van der Waals surface area contributed by atoms with Crippen LogP contribution in [-0.4, -0.2) is 55.1 Å². The first-order chi connectivity index (χ1) is 15.6. The van der Waals surface area contributed by atoms with Crippen LogP contribution in [0.1, 0.15) is 5.56 Å². The number of halogens is 1. The molecular formula is C26H27ClN4O. The lowest BCUT2D eigenvalue weighted by atomic mass is 10.1. The zero-order valence-corrected chi connectivity index (χ0v) is 19.2. The predicted octanol–water partition coefficient (Wildman–Crippen LogP) is 5.54.